The van der Waals surface area contributed by atoms with E-state index in [0.717, 1.165) is 15.9 Å². The first-order valence-electron chi connectivity index (χ1n) is 6.03. The van der Waals surface area contributed by atoms with Crippen LogP contribution in [-0.2, 0) is 10.0 Å². The summed E-state index contributed by atoms with van der Waals surface area (Å²) in [6, 6.07) is 7.96. The number of nitrogens with two attached hydrogens (primary N) is 1. The summed E-state index contributed by atoms with van der Waals surface area (Å²) in [5.74, 6) is -2.18. The van der Waals surface area contributed by atoms with Gasteiger partial charge in [-0.15, -0.1) is 0 Å². The van der Waals surface area contributed by atoms with E-state index in [1.54, 1.807) is 31.2 Å². The van der Waals surface area contributed by atoms with Crippen LogP contribution in [0.15, 0.2) is 41.3 Å². The van der Waals surface area contributed by atoms with Crippen molar-refractivity contribution in [2.24, 2.45) is 0 Å². The zero-order chi connectivity index (χ0) is 15.8. The summed E-state index contributed by atoms with van der Waals surface area (Å²) >= 11 is 0. The summed E-state index contributed by atoms with van der Waals surface area (Å²) in [6.07, 6.45) is 0. The third-order valence-electron chi connectivity index (χ3n) is 3.05. The maximum absolute atomic E-state index is 13.8. The Labute approximate surface area is 121 Å². The maximum atomic E-state index is 13.8. The average Bonchev–Trinajstić information content (AvgIpc) is 2.41. The molecular weight excluding hydrogens is 298 g/mol. The predicted molar refractivity (Wildman–Crippen MR) is 77.5 cm³/mol. The Kier molecular flexibility index (Phi) is 3.87. The molecule has 0 radical (unpaired) electrons. The minimum atomic E-state index is -4.17. The Morgan fingerprint density at radius 2 is 1.76 bits per heavy atom. The highest BCUT2D eigenvalue weighted by Crippen LogP contribution is 2.27. The van der Waals surface area contributed by atoms with E-state index in [2.05, 4.69) is 0 Å². The van der Waals surface area contributed by atoms with Crippen LogP contribution < -0.4 is 10.0 Å². The van der Waals surface area contributed by atoms with Crippen LogP contribution in [0, 0.1) is 18.6 Å². The van der Waals surface area contributed by atoms with Crippen LogP contribution in [0.5, 0.6) is 0 Å². The van der Waals surface area contributed by atoms with Crippen molar-refractivity contribution < 1.29 is 17.2 Å². The molecule has 0 aliphatic carbocycles. The number of anilines is 2. The lowest BCUT2D eigenvalue weighted by molar-refractivity contribution is 0.550. The fourth-order valence-electron chi connectivity index (χ4n) is 1.85. The molecule has 112 valence electrons. The van der Waals surface area contributed by atoms with E-state index in [1.165, 1.54) is 7.05 Å². The van der Waals surface area contributed by atoms with Crippen LogP contribution in [0.2, 0.25) is 0 Å². The average molecular weight is 312 g/mol. The van der Waals surface area contributed by atoms with Gasteiger partial charge in [0, 0.05) is 13.1 Å². The van der Waals surface area contributed by atoms with Gasteiger partial charge in [-0.1, -0.05) is 12.1 Å². The van der Waals surface area contributed by atoms with Crippen molar-refractivity contribution in [1.82, 2.24) is 0 Å². The molecule has 0 heterocycles. The molecule has 2 rings (SSSR count). The summed E-state index contributed by atoms with van der Waals surface area (Å²) < 4.78 is 52.7. The van der Waals surface area contributed by atoms with E-state index in [4.69, 9.17) is 5.73 Å². The predicted octanol–water partition coefficient (Wildman–Crippen LogP) is 2.68. The highest BCUT2D eigenvalue weighted by atomic mass is 32.2. The number of hydrogen-bond acceptors (Lipinski definition) is 3. The smallest absolute Gasteiger partial charge is 0.267 e. The number of aryl methyl sites for hydroxylation is 1. The molecule has 7 heteroatoms. The molecule has 0 aliphatic rings. The Morgan fingerprint density at radius 1 is 1.10 bits per heavy atom. The minimum absolute atomic E-state index is 0.372. The van der Waals surface area contributed by atoms with E-state index in [0.29, 0.717) is 11.8 Å². The van der Waals surface area contributed by atoms with Gasteiger partial charge in [0.25, 0.3) is 10.0 Å². The van der Waals surface area contributed by atoms with E-state index >= 15 is 0 Å². The number of rotatable bonds is 3. The lowest BCUT2D eigenvalue weighted by atomic mass is 10.2. The molecule has 4 nitrogen and oxygen atoms in total. The van der Waals surface area contributed by atoms with Gasteiger partial charge in [-0.3, -0.25) is 4.31 Å². The molecule has 0 atom stereocenters. The fourth-order valence-corrected chi connectivity index (χ4v) is 3.12. The molecule has 2 aromatic rings. The van der Waals surface area contributed by atoms with Crippen LogP contribution in [0.1, 0.15) is 5.56 Å². The molecule has 0 saturated heterocycles. The van der Waals surface area contributed by atoms with Gasteiger partial charge in [0.15, 0.2) is 0 Å². The van der Waals surface area contributed by atoms with Gasteiger partial charge in [-0.25, -0.2) is 17.2 Å². The first-order chi connectivity index (χ1) is 9.73. The highest BCUT2D eigenvalue weighted by molar-refractivity contribution is 7.92. The first-order valence-corrected chi connectivity index (χ1v) is 7.47. The minimum Gasteiger partial charge on any atom is -0.396 e. The second kappa shape index (κ2) is 5.33. The molecule has 0 aliphatic heterocycles. The summed E-state index contributed by atoms with van der Waals surface area (Å²) in [5, 5.41) is 0. The van der Waals surface area contributed by atoms with Gasteiger partial charge >= 0.3 is 0 Å². The van der Waals surface area contributed by atoms with Crippen LogP contribution in [0.25, 0.3) is 0 Å². The first kappa shape index (κ1) is 15.2. The molecule has 2 aromatic carbocycles. The number of nitrogen functional groups attached to an aromatic ring is 1. The Balaban J connectivity index is 2.54. The summed E-state index contributed by atoms with van der Waals surface area (Å²) in [6.45, 7) is 1.81. The third-order valence-corrected chi connectivity index (χ3v) is 4.86. The Bertz CT molecular complexity index is 792. The molecule has 0 unspecified atom stereocenters. The maximum Gasteiger partial charge on any atom is 0.267 e. The van der Waals surface area contributed by atoms with Gasteiger partial charge < -0.3 is 5.73 Å². The van der Waals surface area contributed by atoms with Crippen molar-refractivity contribution >= 4 is 21.4 Å². The summed E-state index contributed by atoms with van der Waals surface area (Å²) in [5.41, 5.74) is 6.13. The van der Waals surface area contributed by atoms with Gasteiger partial charge in [0.1, 0.15) is 16.5 Å². The van der Waals surface area contributed by atoms with Crippen molar-refractivity contribution in [3.63, 3.8) is 0 Å². The summed E-state index contributed by atoms with van der Waals surface area (Å²) in [7, 11) is -2.87. The monoisotopic (exact) mass is 312 g/mol. The molecule has 0 amide bonds. The molecule has 21 heavy (non-hydrogen) atoms. The van der Waals surface area contributed by atoms with E-state index in [-0.39, 0.29) is 0 Å². The van der Waals surface area contributed by atoms with E-state index in [1.807, 2.05) is 0 Å². The zero-order valence-electron chi connectivity index (χ0n) is 11.5. The zero-order valence-corrected chi connectivity index (χ0v) is 12.3. The topological polar surface area (TPSA) is 63.4 Å². The fraction of sp³-hybridized carbons (Fsp3) is 0.143. The summed E-state index contributed by atoms with van der Waals surface area (Å²) in [4.78, 5) is -0.662. The molecule has 0 spiro atoms. The normalized spacial score (nSPS) is 11.4. The molecular formula is C14H14F2N2O2S. The van der Waals surface area contributed by atoms with Crippen molar-refractivity contribution in [3.8, 4) is 0 Å². The molecule has 0 saturated carbocycles. The lowest BCUT2D eigenvalue weighted by Crippen LogP contribution is -2.27. The van der Waals surface area contributed by atoms with Crippen LogP contribution >= 0.6 is 0 Å². The van der Waals surface area contributed by atoms with Gasteiger partial charge in [-0.2, -0.15) is 0 Å². The second-order valence-corrected chi connectivity index (χ2v) is 6.55. The van der Waals surface area contributed by atoms with Crippen LogP contribution in [0.3, 0.4) is 0 Å². The van der Waals surface area contributed by atoms with Crippen molar-refractivity contribution in [3.05, 3.63) is 53.6 Å². The molecule has 0 bridgehead atoms. The van der Waals surface area contributed by atoms with Crippen molar-refractivity contribution in [2.75, 3.05) is 17.1 Å². The number of sulfonamides is 1. The van der Waals surface area contributed by atoms with Crippen LogP contribution in [0.4, 0.5) is 20.2 Å². The van der Waals surface area contributed by atoms with E-state index in [9.17, 15) is 17.2 Å². The number of halogens is 2. The molecule has 0 fully saturated rings. The quantitative estimate of drug-likeness (QED) is 0.886. The third kappa shape index (κ3) is 2.82. The number of benzene rings is 2. The molecule has 2 N–H and O–H groups in total. The standard InChI is InChI=1S/C14H14F2N2O2S/c1-9-4-3-5-10(6-9)18(2)21(19,20)14-8-13(17)11(15)7-12(14)16/h3-8H,17H2,1-2H3. The SMILES string of the molecule is Cc1cccc(N(C)S(=O)(=O)c2cc(N)c(F)cc2F)c1. The van der Waals surface area contributed by atoms with Crippen molar-refractivity contribution in [1.29, 1.82) is 0 Å². The number of nitrogens with zero attached hydrogens (tertiary/aromatic N) is 1. The Hall–Kier alpha value is -2.15. The number of hydrogen-bond donors (Lipinski definition) is 1. The van der Waals surface area contributed by atoms with E-state index < -0.39 is 32.2 Å². The van der Waals surface area contributed by atoms with Crippen LogP contribution in [-0.4, -0.2) is 15.5 Å². The second-order valence-electron chi connectivity index (χ2n) is 4.62. The van der Waals surface area contributed by atoms with Gasteiger partial charge in [0.05, 0.1) is 11.4 Å². The molecule has 0 aromatic heterocycles. The van der Waals surface area contributed by atoms with Gasteiger partial charge in [-0.05, 0) is 30.7 Å². The Morgan fingerprint density at radius 3 is 2.38 bits per heavy atom. The highest BCUT2D eigenvalue weighted by Gasteiger charge is 2.26. The largest absolute Gasteiger partial charge is 0.396 e. The van der Waals surface area contributed by atoms with Gasteiger partial charge in [0.2, 0.25) is 0 Å². The van der Waals surface area contributed by atoms with Crippen molar-refractivity contribution in [2.45, 2.75) is 11.8 Å². The lowest BCUT2D eigenvalue weighted by Gasteiger charge is -2.20.